The molecule has 0 spiro atoms. The average Bonchev–Trinajstić information content (AvgIpc) is 3.30. The summed E-state index contributed by atoms with van der Waals surface area (Å²) in [5.74, 6) is -1.03. The van der Waals surface area contributed by atoms with E-state index < -0.39 is 6.10 Å². The largest absolute Gasteiger partial charge is 0.462 e. The van der Waals surface area contributed by atoms with Crippen LogP contribution in [0.1, 0.15) is 226 Å². The van der Waals surface area contributed by atoms with Gasteiger partial charge in [0.05, 0.1) is 0 Å². The van der Waals surface area contributed by atoms with Crippen LogP contribution in [0.5, 0.6) is 0 Å². The molecule has 0 rings (SSSR count). The summed E-state index contributed by atoms with van der Waals surface area (Å²) in [5, 5.41) is 0. The molecule has 0 bridgehead atoms. The molecule has 0 saturated heterocycles. The lowest BCUT2D eigenvalue weighted by Crippen LogP contribution is -2.30. The van der Waals surface area contributed by atoms with Crippen LogP contribution in [0.25, 0.3) is 0 Å². The fourth-order valence-electron chi connectivity index (χ4n) is 6.83. The van der Waals surface area contributed by atoms with Crippen LogP contribution in [0.2, 0.25) is 0 Å². The minimum absolute atomic E-state index is 0.114. The highest BCUT2D eigenvalue weighted by Gasteiger charge is 2.19. The minimum Gasteiger partial charge on any atom is -0.462 e. The third-order valence-corrected chi connectivity index (χ3v) is 10.8. The zero-order valence-corrected chi connectivity index (χ0v) is 42.0. The smallest absolute Gasteiger partial charge is 0.306 e. The van der Waals surface area contributed by atoms with E-state index in [-0.39, 0.29) is 37.5 Å². The van der Waals surface area contributed by atoms with Gasteiger partial charge >= 0.3 is 17.9 Å². The molecule has 0 fully saturated rings. The third-order valence-electron chi connectivity index (χ3n) is 10.8. The molecular formula is C59H96O6. The van der Waals surface area contributed by atoms with Gasteiger partial charge in [-0.25, -0.2) is 0 Å². The number of ether oxygens (including phenoxy) is 3. The molecule has 0 aromatic rings. The maximum absolute atomic E-state index is 12.8. The van der Waals surface area contributed by atoms with E-state index in [0.717, 1.165) is 103 Å². The Labute approximate surface area is 400 Å². The summed E-state index contributed by atoms with van der Waals surface area (Å²) >= 11 is 0. The van der Waals surface area contributed by atoms with Crippen molar-refractivity contribution in [2.75, 3.05) is 13.2 Å². The number of carbonyl (C=O) groups is 3. The van der Waals surface area contributed by atoms with Crippen LogP contribution < -0.4 is 0 Å². The molecule has 0 radical (unpaired) electrons. The Hall–Kier alpha value is -3.93. The third kappa shape index (κ3) is 50.9. The quantitative estimate of drug-likeness (QED) is 0.0262. The molecule has 0 amide bonds. The van der Waals surface area contributed by atoms with Crippen molar-refractivity contribution in [2.45, 2.75) is 232 Å². The minimum atomic E-state index is -0.817. The van der Waals surface area contributed by atoms with Crippen molar-refractivity contribution in [1.29, 1.82) is 0 Å². The molecule has 65 heavy (non-hydrogen) atoms. The Morgan fingerprint density at radius 3 is 1.06 bits per heavy atom. The zero-order valence-electron chi connectivity index (χ0n) is 42.0. The Morgan fingerprint density at radius 2 is 0.631 bits per heavy atom. The van der Waals surface area contributed by atoms with Crippen molar-refractivity contribution < 1.29 is 28.6 Å². The Morgan fingerprint density at radius 1 is 0.323 bits per heavy atom. The maximum Gasteiger partial charge on any atom is 0.306 e. The summed E-state index contributed by atoms with van der Waals surface area (Å²) in [6, 6.07) is 0. The molecule has 6 nitrogen and oxygen atoms in total. The summed E-state index contributed by atoms with van der Waals surface area (Å²) in [7, 11) is 0. The van der Waals surface area contributed by atoms with Gasteiger partial charge in [-0.3, -0.25) is 14.4 Å². The van der Waals surface area contributed by atoms with Crippen LogP contribution in [0.3, 0.4) is 0 Å². The highest BCUT2D eigenvalue weighted by molar-refractivity contribution is 5.71. The molecule has 0 aliphatic rings. The van der Waals surface area contributed by atoms with Gasteiger partial charge < -0.3 is 14.2 Å². The second-order valence-corrected chi connectivity index (χ2v) is 17.1. The first-order valence-corrected chi connectivity index (χ1v) is 26.4. The summed E-state index contributed by atoms with van der Waals surface area (Å²) in [6.07, 6.45) is 70.8. The summed E-state index contributed by atoms with van der Waals surface area (Å²) in [5.41, 5.74) is 0. The Kier molecular flexibility index (Phi) is 49.5. The van der Waals surface area contributed by atoms with Gasteiger partial charge in [-0.1, -0.05) is 220 Å². The van der Waals surface area contributed by atoms with Gasteiger partial charge in [0, 0.05) is 19.3 Å². The molecule has 0 N–H and O–H groups in total. The molecule has 1 atom stereocenters. The number of rotatable bonds is 46. The lowest BCUT2D eigenvalue weighted by atomic mass is 10.1. The SMILES string of the molecule is CC/C=C\C/C=C\C/C=C\C/C=C\CCCCCCC(=O)OC[C@H](COC(=O)CC/C=C\C/C=C\C/C=C\C/C=C\C/C=C\CCCCC)OC(=O)CCCCCCCCCCCCC. The molecule has 0 heterocycles. The van der Waals surface area contributed by atoms with Crippen molar-refractivity contribution in [2.24, 2.45) is 0 Å². The number of hydrogen-bond acceptors (Lipinski definition) is 6. The lowest BCUT2D eigenvalue weighted by Gasteiger charge is -2.18. The van der Waals surface area contributed by atoms with Gasteiger partial charge in [0.2, 0.25) is 0 Å². The van der Waals surface area contributed by atoms with E-state index in [0.29, 0.717) is 19.3 Å². The first-order valence-electron chi connectivity index (χ1n) is 26.4. The molecule has 368 valence electrons. The average molecular weight is 901 g/mol. The van der Waals surface area contributed by atoms with E-state index in [9.17, 15) is 14.4 Å². The summed E-state index contributed by atoms with van der Waals surface area (Å²) in [6.45, 7) is 6.39. The maximum atomic E-state index is 12.8. The Bertz CT molecular complexity index is 1360. The predicted molar refractivity (Wildman–Crippen MR) is 279 cm³/mol. The van der Waals surface area contributed by atoms with Crippen LogP contribution in [0, 0.1) is 0 Å². The van der Waals surface area contributed by atoms with Gasteiger partial charge in [-0.05, 0) is 96.3 Å². The molecule has 0 unspecified atom stereocenters. The van der Waals surface area contributed by atoms with Gasteiger partial charge in [-0.2, -0.15) is 0 Å². The molecule has 0 saturated carbocycles. The normalized spacial score (nSPS) is 13.0. The first kappa shape index (κ1) is 61.1. The zero-order chi connectivity index (χ0) is 47.2. The van der Waals surface area contributed by atoms with Gasteiger partial charge in [0.1, 0.15) is 13.2 Å². The van der Waals surface area contributed by atoms with Gasteiger partial charge in [0.25, 0.3) is 0 Å². The fourth-order valence-corrected chi connectivity index (χ4v) is 6.83. The van der Waals surface area contributed by atoms with Crippen molar-refractivity contribution in [3.63, 3.8) is 0 Å². The van der Waals surface area contributed by atoms with E-state index in [1.54, 1.807) is 0 Å². The van der Waals surface area contributed by atoms with Crippen LogP contribution in [0.4, 0.5) is 0 Å². The molecule has 0 aliphatic heterocycles. The molecular weight excluding hydrogens is 805 g/mol. The van der Waals surface area contributed by atoms with Crippen molar-refractivity contribution in [1.82, 2.24) is 0 Å². The summed E-state index contributed by atoms with van der Waals surface area (Å²) in [4.78, 5) is 37.9. The highest BCUT2D eigenvalue weighted by atomic mass is 16.6. The number of esters is 3. The monoisotopic (exact) mass is 901 g/mol. The second kappa shape index (κ2) is 52.7. The van der Waals surface area contributed by atoms with E-state index in [4.69, 9.17) is 14.2 Å². The molecule has 0 aromatic carbocycles. The van der Waals surface area contributed by atoms with Crippen molar-refractivity contribution in [3.05, 3.63) is 109 Å². The second-order valence-electron chi connectivity index (χ2n) is 17.1. The van der Waals surface area contributed by atoms with Crippen molar-refractivity contribution >= 4 is 17.9 Å². The highest BCUT2D eigenvalue weighted by Crippen LogP contribution is 2.14. The van der Waals surface area contributed by atoms with Gasteiger partial charge in [0.15, 0.2) is 6.10 Å². The first-order chi connectivity index (χ1) is 32.0. The van der Waals surface area contributed by atoms with Gasteiger partial charge in [-0.15, -0.1) is 0 Å². The van der Waals surface area contributed by atoms with E-state index in [1.165, 1.54) is 77.0 Å². The van der Waals surface area contributed by atoms with Crippen LogP contribution in [0.15, 0.2) is 109 Å². The molecule has 6 heteroatoms. The molecule has 0 aromatic heterocycles. The number of unbranched alkanes of at least 4 members (excludes halogenated alkanes) is 17. The van der Waals surface area contributed by atoms with Crippen molar-refractivity contribution in [3.8, 4) is 0 Å². The topological polar surface area (TPSA) is 78.9 Å². The number of allylic oxidation sites excluding steroid dienone is 18. The van der Waals surface area contributed by atoms with Crippen LogP contribution >= 0.6 is 0 Å². The number of hydrogen-bond donors (Lipinski definition) is 0. The standard InChI is InChI=1S/C59H96O6/c1-4-7-10-13-16-19-22-24-26-28-29-31-33-35-38-40-43-46-49-52-58(61)64-55-56(65-59(62)53-50-47-44-41-36-21-18-15-12-9-6-3)54-63-57(60)51-48-45-42-39-37-34-32-30-27-25-23-20-17-14-11-8-5-2/h8,11,16-17,19-20,24-27,29,31-32,34-35,38,43,46,56H,4-7,9-10,12-15,18,21-23,28,30,33,36-37,39-42,44-45,47-55H2,1-3H3/b11-8-,19-16-,20-17-,26-24-,27-25-,31-29-,34-32-,38-35-,46-43-/t56-/m1/s1. The predicted octanol–water partition coefficient (Wildman–Crippen LogP) is 17.5. The number of carbonyl (C=O) groups excluding carboxylic acids is 3. The van der Waals surface area contributed by atoms with E-state index in [2.05, 4.69) is 124 Å². The lowest BCUT2D eigenvalue weighted by molar-refractivity contribution is -0.166. The van der Waals surface area contributed by atoms with E-state index >= 15 is 0 Å². The van der Waals surface area contributed by atoms with E-state index in [1.807, 2.05) is 6.08 Å². The Balaban J connectivity index is 4.51. The molecule has 0 aliphatic carbocycles. The van der Waals surface area contributed by atoms with Crippen LogP contribution in [-0.4, -0.2) is 37.2 Å². The fraction of sp³-hybridized carbons (Fsp3) is 0.644. The van der Waals surface area contributed by atoms with Crippen LogP contribution in [-0.2, 0) is 28.6 Å². The summed E-state index contributed by atoms with van der Waals surface area (Å²) < 4.78 is 16.7.